The first-order valence-electron chi connectivity index (χ1n) is 8.55. The van der Waals surface area contributed by atoms with Crippen LogP contribution in [0.5, 0.6) is 0 Å². The second-order valence-corrected chi connectivity index (χ2v) is 6.78. The van der Waals surface area contributed by atoms with Crippen LogP contribution in [0, 0.1) is 6.92 Å². The molecule has 8 nitrogen and oxygen atoms in total. The first-order valence-corrected chi connectivity index (χ1v) is 8.55. The van der Waals surface area contributed by atoms with E-state index >= 15 is 0 Å². The Labute approximate surface area is 157 Å². The van der Waals surface area contributed by atoms with Gasteiger partial charge >= 0.3 is 6.03 Å². The minimum atomic E-state index is -1.22. The molecule has 0 aliphatic carbocycles. The fourth-order valence-corrected chi connectivity index (χ4v) is 3.00. The zero-order valence-corrected chi connectivity index (χ0v) is 15.5. The number of nitrogens with one attached hydrogen (secondary N) is 2. The van der Waals surface area contributed by atoms with Crippen molar-refractivity contribution < 1.29 is 18.8 Å². The lowest BCUT2D eigenvalue weighted by atomic mass is 9.92. The molecule has 3 rings (SSSR count). The Morgan fingerprint density at radius 3 is 2.56 bits per heavy atom. The fourth-order valence-electron chi connectivity index (χ4n) is 3.00. The van der Waals surface area contributed by atoms with E-state index in [9.17, 15) is 14.4 Å². The third kappa shape index (κ3) is 3.85. The van der Waals surface area contributed by atoms with Gasteiger partial charge in [-0.1, -0.05) is 30.3 Å². The number of aryl methyl sites for hydroxylation is 1. The van der Waals surface area contributed by atoms with Crippen molar-refractivity contribution >= 4 is 17.8 Å². The van der Waals surface area contributed by atoms with Gasteiger partial charge in [-0.3, -0.25) is 19.9 Å². The molecule has 142 valence electrons. The fraction of sp³-hybridized carbons (Fsp3) is 0.316. The molecule has 27 heavy (non-hydrogen) atoms. The third-order valence-electron chi connectivity index (χ3n) is 4.41. The number of hydrogen-bond donors (Lipinski definition) is 2. The summed E-state index contributed by atoms with van der Waals surface area (Å²) in [6, 6.07) is 11.9. The van der Waals surface area contributed by atoms with Gasteiger partial charge in [0.15, 0.2) is 0 Å². The van der Waals surface area contributed by atoms with Crippen LogP contribution in [-0.4, -0.2) is 41.3 Å². The average molecular weight is 370 g/mol. The molecular weight excluding hydrogens is 348 g/mol. The number of carbonyl (C=O) groups excluding carboxylic acids is 3. The van der Waals surface area contributed by atoms with Gasteiger partial charge in [-0.05, 0) is 38.6 Å². The Morgan fingerprint density at radius 2 is 1.93 bits per heavy atom. The molecule has 1 aromatic carbocycles. The van der Waals surface area contributed by atoms with E-state index in [-0.39, 0.29) is 6.54 Å². The molecule has 2 N–H and O–H groups in total. The van der Waals surface area contributed by atoms with E-state index in [1.807, 2.05) is 25.1 Å². The van der Waals surface area contributed by atoms with Crippen LogP contribution >= 0.6 is 0 Å². The second-order valence-electron chi connectivity index (χ2n) is 6.78. The number of urea groups is 1. The highest BCUT2D eigenvalue weighted by molar-refractivity contribution is 6.08. The van der Waals surface area contributed by atoms with Crippen LogP contribution < -0.4 is 10.7 Å². The van der Waals surface area contributed by atoms with Crippen molar-refractivity contribution in [1.29, 1.82) is 0 Å². The lowest BCUT2D eigenvalue weighted by Crippen LogP contribution is -2.50. The van der Waals surface area contributed by atoms with Gasteiger partial charge in [0.2, 0.25) is 0 Å². The molecule has 0 unspecified atom stereocenters. The highest BCUT2D eigenvalue weighted by Gasteiger charge is 2.49. The number of hydrazine groups is 1. The SMILES string of the molecule is Cc1ccc(CN(C)CC(=O)NN2C(=O)N[C@](C)(c3ccccc3)C2=O)o1. The van der Waals surface area contributed by atoms with Crippen molar-refractivity contribution in [3.8, 4) is 0 Å². The predicted molar refractivity (Wildman–Crippen MR) is 97.1 cm³/mol. The Kier molecular flexibility index (Phi) is 5.00. The highest BCUT2D eigenvalue weighted by atomic mass is 16.3. The number of nitrogens with zero attached hydrogens (tertiary/aromatic N) is 2. The maximum absolute atomic E-state index is 12.8. The summed E-state index contributed by atoms with van der Waals surface area (Å²) in [6.45, 7) is 3.89. The maximum atomic E-state index is 12.8. The van der Waals surface area contributed by atoms with E-state index in [0.29, 0.717) is 12.1 Å². The zero-order valence-electron chi connectivity index (χ0n) is 15.5. The molecule has 1 aliphatic heterocycles. The van der Waals surface area contributed by atoms with Crippen molar-refractivity contribution in [2.75, 3.05) is 13.6 Å². The van der Waals surface area contributed by atoms with E-state index < -0.39 is 23.4 Å². The van der Waals surface area contributed by atoms with Crippen LogP contribution in [0.4, 0.5) is 4.79 Å². The van der Waals surface area contributed by atoms with Crippen LogP contribution in [0.3, 0.4) is 0 Å². The van der Waals surface area contributed by atoms with Gasteiger partial charge in [0, 0.05) is 0 Å². The first-order chi connectivity index (χ1) is 12.8. The molecule has 0 bridgehead atoms. The maximum Gasteiger partial charge on any atom is 0.344 e. The molecule has 0 radical (unpaired) electrons. The summed E-state index contributed by atoms with van der Waals surface area (Å²) in [5, 5.41) is 3.38. The lowest BCUT2D eigenvalue weighted by Gasteiger charge is -2.22. The number of imide groups is 1. The Morgan fingerprint density at radius 1 is 1.22 bits per heavy atom. The summed E-state index contributed by atoms with van der Waals surface area (Å²) in [7, 11) is 1.75. The Balaban J connectivity index is 1.62. The van der Waals surface area contributed by atoms with Crippen molar-refractivity contribution in [2.45, 2.75) is 25.9 Å². The van der Waals surface area contributed by atoms with Crippen LogP contribution in [0.15, 0.2) is 46.9 Å². The molecule has 1 saturated heterocycles. The van der Waals surface area contributed by atoms with Crippen LogP contribution in [0.25, 0.3) is 0 Å². The third-order valence-corrected chi connectivity index (χ3v) is 4.41. The van der Waals surface area contributed by atoms with E-state index in [1.165, 1.54) is 0 Å². The molecule has 0 spiro atoms. The number of amides is 4. The smallest absolute Gasteiger partial charge is 0.344 e. The molecule has 1 aliphatic rings. The topological polar surface area (TPSA) is 94.9 Å². The van der Waals surface area contributed by atoms with E-state index in [4.69, 9.17) is 4.42 Å². The van der Waals surface area contributed by atoms with E-state index in [1.54, 1.807) is 43.1 Å². The zero-order chi connectivity index (χ0) is 19.6. The normalized spacial score (nSPS) is 19.5. The molecule has 4 amide bonds. The summed E-state index contributed by atoms with van der Waals surface area (Å²) in [5.41, 5.74) is 1.81. The first kappa shape index (κ1) is 18.7. The van der Waals surface area contributed by atoms with Gasteiger partial charge < -0.3 is 9.73 Å². The number of likely N-dealkylation sites (N-methyl/N-ethyl adjacent to an activating group) is 1. The average Bonchev–Trinajstić information content (AvgIpc) is 3.12. The molecule has 2 aromatic rings. The monoisotopic (exact) mass is 370 g/mol. The van der Waals surface area contributed by atoms with Crippen molar-refractivity contribution in [3.63, 3.8) is 0 Å². The number of rotatable bonds is 6. The summed E-state index contributed by atoms with van der Waals surface area (Å²) in [5.74, 6) is 0.523. The molecular formula is C19H22N4O4. The van der Waals surface area contributed by atoms with Crippen molar-refractivity contribution in [1.82, 2.24) is 20.7 Å². The summed E-state index contributed by atoms with van der Waals surface area (Å²) >= 11 is 0. The molecule has 1 atom stereocenters. The lowest BCUT2D eigenvalue weighted by molar-refractivity contribution is -0.139. The largest absolute Gasteiger partial charge is 0.465 e. The number of benzene rings is 1. The van der Waals surface area contributed by atoms with Crippen molar-refractivity contribution in [2.24, 2.45) is 0 Å². The van der Waals surface area contributed by atoms with Crippen LogP contribution in [0.2, 0.25) is 0 Å². The Hall–Kier alpha value is -3.13. The van der Waals surface area contributed by atoms with Gasteiger partial charge in [0.1, 0.15) is 17.1 Å². The molecule has 1 aromatic heterocycles. The molecule has 2 heterocycles. The van der Waals surface area contributed by atoms with Gasteiger partial charge in [-0.2, -0.15) is 5.01 Å². The van der Waals surface area contributed by atoms with Crippen molar-refractivity contribution in [3.05, 3.63) is 59.5 Å². The van der Waals surface area contributed by atoms with E-state index in [2.05, 4.69) is 10.7 Å². The van der Waals surface area contributed by atoms with Crippen LogP contribution in [0.1, 0.15) is 24.0 Å². The Bertz CT molecular complexity index is 864. The number of furan rings is 1. The second kappa shape index (κ2) is 7.24. The van der Waals surface area contributed by atoms with Gasteiger partial charge in [-0.25, -0.2) is 4.79 Å². The highest BCUT2D eigenvalue weighted by Crippen LogP contribution is 2.27. The standard InChI is InChI=1S/C19H22N4O4/c1-13-9-10-15(27-13)11-22(3)12-16(24)21-23-17(25)19(2,20-18(23)26)14-7-5-4-6-8-14/h4-10H,11-12H2,1-3H3,(H,20,26)(H,21,24)/t19-/m1/s1. The number of carbonyl (C=O) groups is 3. The van der Waals surface area contributed by atoms with Gasteiger partial charge in [0.05, 0.1) is 13.1 Å². The minimum absolute atomic E-state index is 0.00113. The quantitative estimate of drug-likeness (QED) is 0.752. The van der Waals surface area contributed by atoms with Gasteiger partial charge in [-0.15, -0.1) is 0 Å². The summed E-state index contributed by atoms with van der Waals surface area (Å²) < 4.78 is 5.48. The number of hydrogen-bond acceptors (Lipinski definition) is 5. The minimum Gasteiger partial charge on any atom is -0.465 e. The van der Waals surface area contributed by atoms with Crippen LogP contribution in [-0.2, 0) is 21.7 Å². The van der Waals surface area contributed by atoms with Gasteiger partial charge in [0.25, 0.3) is 11.8 Å². The molecule has 1 fully saturated rings. The predicted octanol–water partition coefficient (Wildman–Crippen LogP) is 1.52. The van der Waals surface area contributed by atoms with E-state index in [0.717, 1.165) is 16.5 Å². The summed E-state index contributed by atoms with van der Waals surface area (Å²) in [4.78, 5) is 39.0. The molecule has 0 saturated carbocycles. The summed E-state index contributed by atoms with van der Waals surface area (Å²) in [6.07, 6.45) is 0. The molecule has 8 heteroatoms.